The van der Waals surface area contributed by atoms with Crippen LogP contribution in [0.5, 0.6) is 0 Å². The Morgan fingerprint density at radius 2 is 1.66 bits per heavy atom. The first-order chi connectivity index (χ1) is 15.1. The van der Waals surface area contributed by atoms with Crippen molar-refractivity contribution < 1.29 is 27.2 Å². The smallest absolute Gasteiger partial charge is 0.325 e. The molecule has 0 radical (unpaired) electrons. The lowest BCUT2D eigenvalue weighted by molar-refractivity contribution is -0.136. The molecule has 2 aromatic carbocycles. The van der Waals surface area contributed by atoms with Crippen LogP contribution < -0.4 is 16.2 Å². The molecule has 3 aromatic rings. The molecule has 1 aromatic heterocycles. The highest BCUT2D eigenvalue weighted by Crippen LogP contribution is 2.36. The van der Waals surface area contributed by atoms with Gasteiger partial charge in [-0.25, -0.2) is 4.39 Å². The van der Waals surface area contributed by atoms with E-state index >= 15 is 0 Å². The van der Waals surface area contributed by atoms with Crippen LogP contribution in [-0.4, -0.2) is 16.4 Å². The molecule has 0 fully saturated rings. The molecule has 166 valence electrons. The van der Waals surface area contributed by atoms with Gasteiger partial charge in [-0.15, -0.1) is 0 Å². The summed E-state index contributed by atoms with van der Waals surface area (Å²) in [5, 5.41) is 4.51. The van der Waals surface area contributed by atoms with Gasteiger partial charge in [0.2, 0.25) is 5.91 Å². The van der Waals surface area contributed by atoms with Crippen molar-refractivity contribution in [3.63, 3.8) is 0 Å². The van der Waals surface area contributed by atoms with E-state index in [0.29, 0.717) is 6.07 Å². The minimum absolute atomic E-state index is 0.00132. The molecule has 10 heteroatoms. The molecule has 0 unspecified atom stereocenters. The normalized spacial score (nSPS) is 11.1. The number of carbonyl (C=O) groups excluding carboxylic acids is 2. The third-order valence-corrected chi connectivity index (χ3v) is 4.44. The van der Waals surface area contributed by atoms with Gasteiger partial charge in [0.1, 0.15) is 5.82 Å². The standard InChI is InChI=1S/C22H17F4N3O3/c23-15-6-4-14(5-7-15)21(32)27-16-8-9-18(17(13-16)22(24,25)26)28-19(30)10-12-29-11-2-1-3-20(29)31/h1-9,11,13H,10,12H2,(H,27,32)(H,28,30). The Kier molecular flexibility index (Phi) is 6.72. The summed E-state index contributed by atoms with van der Waals surface area (Å²) in [5.74, 6) is -1.99. The molecular weight excluding hydrogens is 430 g/mol. The quantitative estimate of drug-likeness (QED) is 0.554. The Labute approximate surface area is 179 Å². The summed E-state index contributed by atoms with van der Waals surface area (Å²) in [6.45, 7) is -0.00132. The first kappa shape index (κ1) is 22.7. The summed E-state index contributed by atoms with van der Waals surface area (Å²) in [5.41, 5.74) is -2.06. The van der Waals surface area contributed by atoms with Crippen LogP contribution >= 0.6 is 0 Å². The fourth-order valence-electron chi connectivity index (χ4n) is 2.85. The molecule has 0 bridgehead atoms. The molecule has 2 amide bonds. The van der Waals surface area contributed by atoms with Crippen LogP contribution in [0.15, 0.2) is 71.7 Å². The van der Waals surface area contributed by atoms with E-state index in [9.17, 15) is 31.9 Å². The van der Waals surface area contributed by atoms with Gasteiger partial charge in [-0.1, -0.05) is 6.07 Å². The van der Waals surface area contributed by atoms with Gasteiger partial charge in [0, 0.05) is 36.5 Å². The van der Waals surface area contributed by atoms with Gasteiger partial charge in [0.25, 0.3) is 11.5 Å². The maximum absolute atomic E-state index is 13.5. The van der Waals surface area contributed by atoms with Crippen molar-refractivity contribution in [2.75, 3.05) is 10.6 Å². The summed E-state index contributed by atoms with van der Waals surface area (Å²) >= 11 is 0. The highest BCUT2D eigenvalue weighted by Gasteiger charge is 2.34. The number of pyridine rings is 1. The summed E-state index contributed by atoms with van der Waals surface area (Å²) in [4.78, 5) is 36.0. The van der Waals surface area contributed by atoms with Crippen molar-refractivity contribution >= 4 is 23.2 Å². The maximum Gasteiger partial charge on any atom is 0.418 e. The molecule has 0 saturated heterocycles. The van der Waals surface area contributed by atoms with Crippen molar-refractivity contribution in [1.82, 2.24) is 4.57 Å². The first-order valence-corrected chi connectivity index (χ1v) is 9.37. The molecule has 0 saturated carbocycles. The molecular formula is C22H17F4N3O3. The molecule has 32 heavy (non-hydrogen) atoms. The van der Waals surface area contributed by atoms with E-state index in [4.69, 9.17) is 0 Å². The van der Waals surface area contributed by atoms with Gasteiger partial charge < -0.3 is 15.2 Å². The van der Waals surface area contributed by atoms with Crippen molar-refractivity contribution in [1.29, 1.82) is 0 Å². The third kappa shape index (κ3) is 5.81. The van der Waals surface area contributed by atoms with E-state index < -0.39 is 35.1 Å². The summed E-state index contributed by atoms with van der Waals surface area (Å²) in [6, 6.07) is 11.9. The molecule has 0 aliphatic rings. The Morgan fingerprint density at radius 3 is 2.31 bits per heavy atom. The second kappa shape index (κ2) is 9.46. The average molecular weight is 447 g/mol. The SMILES string of the molecule is O=C(CCn1ccccc1=O)Nc1ccc(NC(=O)c2ccc(F)cc2)cc1C(F)(F)F. The number of amides is 2. The fourth-order valence-corrected chi connectivity index (χ4v) is 2.85. The summed E-state index contributed by atoms with van der Waals surface area (Å²) in [6.07, 6.45) is -3.56. The minimum Gasteiger partial charge on any atom is -0.325 e. The first-order valence-electron chi connectivity index (χ1n) is 9.37. The Hall–Kier alpha value is -3.95. The van der Waals surface area contributed by atoms with Gasteiger partial charge in [0.15, 0.2) is 0 Å². The lowest BCUT2D eigenvalue weighted by Crippen LogP contribution is -2.22. The molecule has 2 N–H and O–H groups in total. The predicted octanol–water partition coefficient (Wildman–Crippen LogP) is 4.29. The fraction of sp³-hybridized carbons (Fsp3) is 0.136. The van der Waals surface area contributed by atoms with Crippen molar-refractivity contribution in [3.8, 4) is 0 Å². The van der Waals surface area contributed by atoms with E-state index in [1.54, 1.807) is 6.07 Å². The number of aromatic nitrogens is 1. The number of rotatable bonds is 6. The second-order valence-electron chi connectivity index (χ2n) is 6.75. The molecule has 0 atom stereocenters. The third-order valence-electron chi connectivity index (χ3n) is 4.44. The number of aryl methyl sites for hydroxylation is 1. The van der Waals surface area contributed by atoms with Gasteiger partial charge in [-0.3, -0.25) is 14.4 Å². The van der Waals surface area contributed by atoms with Crippen LogP contribution in [0, 0.1) is 5.82 Å². The van der Waals surface area contributed by atoms with Crippen LogP contribution in [0.4, 0.5) is 28.9 Å². The number of nitrogens with one attached hydrogen (secondary N) is 2. The molecule has 6 nitrogen and oxygen atoms in total. The second-order valence-corrected chi connectivity index (χ2v) is 6.75. The Morgan fingerprint density at radius 1 is 0.938 bits per heavy atom. The number of carbonyl (C=O) groups is 2. The van der Waals surface area contributed by atoms with E-state index in [-0.39, 0.29) is 29.8 Å². The van der Waals surface area contributed by atoms with Crippen molar-refractivity contribution in [2.45, 2.75) is 19.1 Å². The van der Waals surface area contributed by atoms with E-state index in [2.05, 4.69) is 10.6 Å². The Balaban J connectivity index is 1.74. The molecule has 0 aliphatic carbocycles. The number of anilines is 2. The zero-order valence-electron chi connectivity index (χ0n) is 16.4. The largest absolute Gasteiger partial charge is 0.418 e. The lowest BCUT2D eigenvalue weighted by atomic mass is 10.1. The Bertz CT molecular complexity index is 1190. The van der Waals surface area contributed by atoms with Gasteiger partial charge in [-0.05, 0) is 48.5 Å². The molecule has 0 spiro atoms. The van der Waals surface area contributed by atoms with Crippen LogP contribution in [0.3, 0.4) is 0 Å². The number of alkyl halides is 3. The topological polar surface area (TPSA) is 80.2 Å². The number of nitrogens with zero attached hydrogens (tertiary/aromatic N) is 1. The van der Waals surface area contributed by atoms with Crippen LogP contribution in [-0.2, 0) is 17.5 Å². The molecule has 1 heterocycles. The molecule has 3 rings (SSSR count). The number of hydrogen-bond acceptors (Lipinski definition) is 3. The lowest BCUT2D eigenvalue weighted by Gasteiger charge is -2.16. The highest BCUT2D eigenvalue weighted by molar-refractivity contribution is 6.04. The monoisotopic (exact) mass is 447 g/mol. The van der Waals surface area contributed by atoms with E-state index in [1.807, 2.05) is 0 Å². The number of benzene rings is 2. The zero-order valence-corrected chi connectivity index (χ0v) is 16.4. The van der Waals surface area contributed by atoms with Gasteiger partial charge >= 0.3 is 6.18 Å². The van der Waals surface area contributed by atoms with Crippen LogP contribution in [0.1, 0.15) is 22.3 Å². The van der Waals surface area contributed by atoms with Gasteiger partial charge in [-0.2, -0.15) is 13.2 Å². The zero-order chi connectivity index (χ0) is 23.3. The molecule has 0 aliphatic heterocycles. The van der Waals surface area contributed by atoms with E-state index in [1.165, 1.54) is 41.1 Å². The van der Waals surface area contributed by atoms with Crippen LogP contribution in [0.25, 0.3) is 0 Å². The number of halogens is 4. The average Bonchev–Trinajstić information content (AvgIpc) is 2.74. The predicted molar refractivity (Wildman–Crippen MR) is 110 cm³/mol. The van der Waals surface area contributed by atoms with Gasteiger partial charge in [0.05, 0.1) is 11.3 Å². The van der Waals surface area contributed by atoms with Crippen molar-refractivity contribution in [3.05, 3.63) is 94.2 Å². The van der Waals surface area contributed by atoms with Crippen LogP contribution in [0.2, 0.25) is 0 Å². The van der Waals surface area contributed by atoms with E-state index in [0.717, 1.165) is 18.2 Å². The minimum atomic E-state index is -4.81. The summed E-state index contributed by atoms with van der Waals surface area (Å²) < 4.78 is 54.8. The maximum atomic E-state index is 13.5. The highest BCUT2D eigenvalue weighted by atomic mass is 19.4. The summed E-state index contributed by atoms with van der Waals surface area (Å²) in [7, 11) is 0. The van der Waals surface area contributed by atoms with Crippen molar-refractivity contribution in [2.24, 2.45) is 0 Å². The number of hydrogen-bond donors (Lipinski definition) is 2.